The highest BCUT2D eigenvalue weighted by atomic mass is 16.2. The number of nitrogens with zero attached hydrogens (tertiary/aromatic N) is 5. The predicted octanol–water partition coefficient (Wildman–Crippen LogP) is 0.596. The minimum atomic E-state index is -0.153. The number of likely N-dealkylation sites (tertiary alicyclic amines) is 1. The van der Waals surface area contributed by atoms with Crippen LogP contribution in [0.5, 0.6) is 0 Å². The van der Waals surface area contributed by atoms with Gasteiger partial charge in [-0.1, -0.05) is 0 Å². The van der Waals surface area contributed by atoms with E-state index in [-0.39, 0.29) is 11.9 Å². The number of carbonyl (C=O) groups excluding carboxylic acids is 2. The lowest BCUT2D eigenvalue weighted by Crippen LogP contribution is -2.41. The maximum Gasteiger partial charge on any atom is 0.320 e. The van der Waals surface area contributed by atoms with E-state index >= 15 is 0 Å². The van der Waals surface area contributed by atoms with Crippen LogP contribution in [0.1, 0.15) is 35.4 Å². The molecular formula is C17H28N6O2. The molecule has 1 aromatic heterocycles. The summed E-state index contributed by atoms with van der Waals surface area (Å²) in [5.74, 6) is -0.153. The molecule has 1 N–H and O–H groups in total. The van der Waals surface area contributed by atoms with Crippen molar-refractivity contribution in [3.8, 4) is 0 Å². The van der Waals surface area contributed by atoms with Crippen molar-refractivity contribution in [2.75, 3.05) is 46.8 Å². The fourth-order valence-corrected chi connectivity index (χ4v) is 3.33. The molecule has 3 amide bonds. The van der Waals surface area contributed by atoms with Crippen LogP contribution in [0.4, 0.5) is 4.79 Å². The first-order valence-corrected chi connectivity index (χ1v) is 9.08. The van der Waals surface area contributed by atoms with Crippen molar-refractivity contribution in [1.29, 1.82) is 0 Å². The molecule has 1 saturated heterocycles. The Morgan fingerprint density at radius 1 is 1.12 bits per heavy atom. The summed E-state index contributed by atoms with van der Waals surface area (Å²) in [6, 6.07) is 1.93. The summed E-state index contributed by atoms with van der Waals surface area (Å²) in [6.45, 7) is 5.09. The first kappa shape index (κ1) is 17.7. The number of aromatic nitrogens is 2. The zero-order valence-corrected chi connectivity index (χ0v) is 15.2. The van der Waals surface area contributed by atoms with Crippen LogP contribution in [0.2, 0.25) is 0 Å². The van der Waals surface area contributed by atoms with E-state index in [1.54, 1.807) is 0 Å². The van der Waals surface area contributed by atoms with E-state index in [0.717, 1.165) is 57.7 Å². The van der Waals surface area contributed by atoms with Crippen molar-refractivity contribution < 1.29 is 9.59 Å². The third-order valence-corrected chi connectivity index (χ3v) is 4.74. The first-order valence-electron chi connectivity index (χ1n) is 9.08. The van der Waals surface area contributed by atoms with Crippen molar-refractivity contribution >= 4 is 11.9 Å². The molecule has 1 fully saturated rings. The van der Waals surface area contributed by atoms with Gasteiger partial charge in [0.2, 0.25) is 0 Å². The number of amides is 3. The molecule has 2 aliphatic rings. The van der Waals surface area contributed by atoms with Crippen LogP contribution < -0.4 is 5.32 Å². The number of aryl methyl sites for hydroxylation is 1. The lowest BCUT2D eigenvalue weighted by molar-refractivity contribution is 0.0945. The molecule has 3 rings (SSSR count). The molecule has 0 aromatic carbocycles. The van der Waals surface area contributed by atoms with Gasteiger partial charge >= 0.3 is 6.03 Å². The zero-order valence-electron chi connectivity index (χ0n) is 15.2. The summed E-state index contributed by atoms with van der Waals surface area (Å²) in [5, 5.41) is 7.33. The zero-order chi connectivity index (χ0) is 17.8. The molecular weight excluding hydrogens is 320 g/mol. The number of hydrogen-bond acceptors (Lipinski definition) is 4. The van der Waals surface area contributed by atoms with Gasteiger partial charge in [0.1, 0.15) is 0 Å². The van der Waals surface area contributed by atoms with Gasteiger partial charge in [0, 0.05) is 39.3 Å². The first-order chi connectivity index (χ1) is 12.0. The molecule has 8 heteroatoms. The summed E-state index contributed by atoms with van der Waals surface area (Å²) in [6.07, 6.45) is 3.04. The van der Waals surface area contributed by atoms with Gasteiger partial charge < -0.3 is 20.0 Å². The quantitative estimate of drug-likeness (QED) is 0.865. The lowest BCUT2D eigenvalue weighted by atomic mass is 10.3. The van der Waals surface area contributed by atoms with Gasteiger partial charge in [0.15, 0.2) is 5.69 Å². The number of rotatable bonds is 4. The van der Waals surface area contributed by atoms with Gasteiger partial charge in [-0.15, -0.1) is 0 Å². The largest absolute Gasteiger partial charge is 0.349 e. The molecule has 0 unspecified atom stereocenters. The highest BCUT2D eigenvalue weighted by Gasteiger charge is 2.27. The smallest absolute Gasteiger partial charge is 0.320 e. The Hall–Kier alpha value is -2.09. The summed E-state index contributed by atoms with van der Waals surface area (Å²) in [4.78, 5) is 30.7. The van der Waals surface area contributed by atoms with Crippen molar-refractivity contribution in [2.24, 2.45) is 0 Å². The number of urea groups is 1. The van der Waals surface area contributed by atoms with E-state index < -0.39 is 0 Å². The molecule has 0 saturated carbocycles. The highest BCUT2D eigenvalue weighted by Crippen LogP contribution is 2.17. The molecule has 2 aliphatic heterocycles. The summed E-state index contributed by atoms with van der Waals surface area (Å²) in [5.41, 5.74) is 1.37. The number of hydrogen-bond donors (Lipinski definition) is 1. The van der Waals surface area contributed by atoms with E-state index in [9.17, 15) is 9.59 Å². The van der Waals surface area contributed by atoms with Gasteiger partial charge in [0.05, 0.1) is 12.2 Å². The molecule has 25 heavy (non-hydrogen) atoms. The summed E-state index contributed by atoms with van der Waals surface area (Å²) < 4.78 is 1.87. The molecule has 1 aromatic rings. The second-order valence-corrected chi connectivity index (χ2v) is 7.06. The monoisotopic (exact) mass is 348 g/mol. The molecule has 8 nitrogen and oxygen atoms in total. The predicted molar refractivity (Wildman–Crippen MR) is 94.3 cm³/mol. The van der Waals surface area contributed by atoms with Crippen LogP contribution in [-0.2, 0) is 13.1 Å². The Kier molecular flexibility index (Phi) is 5.57. The highest BCUT2D eigenvalue weighted by molar-refractivity contribution is 5.92. The fraction of sp³-hybridized carbons (Fsp3) is 0.706. The maximum atomic E-state index is 12.6. The summed E-state index contributed by atoms with van der Waals surface area (Å²) in [7, 11) is 3.94. The van der Waals surface area contributed by atoms with E-state index in [2.05, 4.69) is 10.4 Å². The topological polar surface area (TPSA) is 73.7 Å². The Morgan fingerprint density at radius 2 is 1.84 bits per heavy atom. The van der Waals surface area contributed by atoms with Gasteiger partial charge in [-0.25, -0.2) is 4.79 Å². The molecule has 138 valence electrons. The number of likely N-dealkylation sites (N-methyl/N-ethyl adjacent to an activating group) is 1. The molecule has 0 bridgehead atoms. The second-order valence-electron chi connectivity index (χ2n) is 7.06. The fourth-order valence-electron chi connectivity index (χ4n) is 3.33. The third-order valence-electron chi connectivity index (χ3n) is 4.74. The molecule has 3 heterocycles. The Labute approximate surface area is 148 Å². The Morgan fingerprint density at radius 3 is 2.56 bits per heavy atom. The van der Waals surface area contributed by atoms with E-state index in [0.29, 0.717) is 18.8 Å². The third kappa shape index (κ3) is 4.31. The Balaban J connectivity index is 1.64. The van der Waals surface area contributed by atoms with Crippen LogP contribution in [0.3, 0.4) is 0 Å². The lowest BCUT2D eigenvalue weighted by Gasteiger charge is -2.26. The molecule has 0 spiro atoms. The van der Waals surface area contributed by atoms with Crippen LogP contribution >= 0.6 is 0 Å². The van der Waals surface area contributed by atoms with Crippen LogP contribution in [-0.4, -0.2) is 83.2 Å². The van der Waals surface area contributed by atoms with E-state index in [1.165, 1.54) is 0 Å². The van der Waals surface area contributed by atoms with E-state index in [4.69, 9.17) is 0 Å². The minimum absolute atomic E-state index is 0.115. The van der Waals surface area contributed by atoms with Crippen LogP contribution in [0.25, 0.3) is 0 Å². The molecule has 0 radical (unpaired) electrons. The van der Waals surface area contributed by atoms with Gasteiger partial charge in [-0.05, 0) is 39.4 Å². The number of carbonyl (C=O) groups is 2. The average molecular weight is 348 g/mol. The summed E-state index contributed by atoms with van der Waals surface area (Å²) >= 11 is 0. The minimum Gasteiger partial charge on any atom is -0.349 e. The SMILES string of the molecule is CN(C)CCNC(=O)c1cc2n(n1)CCCN(C(=O)N1CCCC1)C2. The standard InChI is InChI=1S/C17H28N6O2/c1-20(2)11-6-18-16(24)15-12-14-13-22(9-5-10-23(14)19-15)17(25)21-7-3-4-8-21/h12H,3-11,13H2,1-2H3,(H,18,24). The van der Waals surface area contributed by atoms with Crippen LogP contribution in [0.15, 0.2) is 6.07 Å². The number of nitrogens with one attached hydrogen (secondary N) is 1. The average Bonchev–Trinajstić information content (AvgIpc) is 3.20. The van der Waals surface area contributed by atoms with Crippen molar-refractivity contribution in [1.82, 2.24) is 29.8 Å². The second kappa shape index (κ2) is 7.86. The van der Waals surface area contributed by atoms with Crippen molar-refractivity contribution in [3.05, 3.63) is 17.5 Å². The van der Waals surface area contributed by atoms with Crippen LogP contribution in [0, 0.1) is 0 Å². The van der Waals surface area contributed by atoms with Crippen molar-refractivity contribution in [2.45, 2.75) is 32.4 Å². The van der Waals surface area contributed by atoms with E-state index in [1.807, 2.05) is 39.5 Å². The number of fused-ring (bicyclic) bond motifs is 1. The Bertz CT molecular complexity index is 621. The van der Waals surface area contributed by atoms with Gasteiger partial charge in [-0.3, -0.25) is 9.48 Å². The molecule has 0 aliphatic carbocycles. The van der Waals surface area contributed by atoms with Crippen molar-refractivity contribution in [3.63, 3.8) is 0 Å². The van der Waals surface area contributed by atoms with Gasteiger partial charge in [0.25, 0.3) is 5.91 Å². The molecule has 0 atom stereocenters. The van der Waals surface area contributed by atoms with Gasteiger partial charge in [-0.2, -0.15) is 5.10 Å². The maximum absolute atomic E-state index is 12.6. The normalized spacial score (nSPS) is 17.6.